The number of carbonyl (C=O) groups excluding carboxylic acids is 1. The van der Waals surface area contributed by atoms with Crippen LogP contribution in [0.1, 0.15) is 50.4 Å². The molecular weight excluding hydrogens is 344 g/mol. The first-order valence-electron chi connectivity index (χ1n) is 8.30. The number of anilines is 1. The van der Waals surface area contributed by atoms with Gasteiger partial charge in [-0.2, -0.15) is 0 Å². The molecule has 4 rings (SSSR count). The monoisotopic (exact) mass is 362 g/mol. The third-order valence-electron chi connectivity index (χ3n) is 4.33. The Kier molecular flexibility index (Phi) is 4.26. The fourth-order valence-corrected chi connectivity index (χ4v) is 3.78. The van der Waals surface area contributed by atoms with Crippen LogP contribution in [0.4, 0.5) is 5.69 Å². The number of nitrogens with zero attached hydrogens (tertiary/aromatic N) is 3. The highest BCUT2D eigenvalue weighted by Crippen LogP contribution is 2.46. The maximum atomic E-state index is 12.5. The van der Waals surface area contributed by atoms with Crippen molar-refractivity contribution in [3.05, 3.63) is 35.1 Å². The van der Waals surface area contributed by atoms with Crippen molar-refractivity contribution >= 4 is 35.0 Å². The number of carbonyl (C=O) groups is 1. The van der Waals surface area contributed by atoms with E-state index in [1.54, 1.807) is 12.1 Å². The highest BCUT2D eigenvalue weighted by Gasteiger charge is 2.37. The molecule has 1 amide bonds. The number of hydrogen-bond donors (Lipinski definition) is 1. The van der Waals surface area contributed by atoms with Crippen molar-refractivity contribution < 1.29 is 4.79 Å². The van der Waals surface area contributed by atoms with Crippen LogP contribution in [0.15, 0.2) is 29.4 Å². The summed E-state index contributed by atoms with van der Waals surface area (Å²) < 4.78 is 2.27. The predicted molar refractivity (Wildman–Crippen MR) is 95.7 cm³/mol. The van der Waals surface area contributed by atoms with E-state index >= 15 is 0 Å². The fraction of sp³-hybridized carbons (Fsp3) is 0.471. The summed E-state index contributed by atoms with van der Waals surface area (Å²) >= 11 is 7.58. The van der Waals surface area contributed by atoms with Gasteiger partial charge in [-0.05, 0) is 44.7 Å². The van der Waals surface area contributed by atoms with Gasteiger partial charge in [0.15, 0.2) is 5.16 Å². The summed E-state index contributed by atoms with van der Waals surface area (Å²) in [6, 6.07) is 7.78. The van der Waals surface area contributed by atoms with Crippen LogP contribution in [0.2, 0.25) is 5.02 Å². The molecule has 5 nitrogen and oxygen atoms in total. The number of thioether (sulfide) groups is 1. The third kappa shape index (κ3) is 3.30. The molecule has 0 aliphatic heterocycles. The maximum absolute atomic E-state index is 12.5. The second-order valence-corrected chi connectivity index (χ2v) is 8.16. The Morgan fingerprint density at radius 3 is 2.71 bits per heavy atom. The quantitative estimate of drug-likeness (QED) is 0.780. The number of nitrogens with one attached hydrogen (secondary N) is 1. The number of para-hydroxylation sites is 1. The lowest BCUT2D eigenvalue weighted by Crippen LogP contribution is -2.23. The van der Waals surface area contributed by atoms with Crippen molar-refractivity contribution in [3.8, 4) is 0 Å². The van der Waals surface area contributed by atoms with E-state index in [2.05, 4.69) is 20.1 Å². The molecule has 2 fully saturated rings. The van der Waals surface area contributed by atoms with Crippen molar-refractivity contribution in [1.29, 1.82) is 0 Å². The van der Waals surface area contributed by atoms with Gasteiger partial charge in [0.05, 0.1) is 16.0 Å². The molecule has 1 aromatic carbocycles. The molecule has 1 N–H and O–H groups in total. The van der Waals surface area contributed by atoms with Gasteiger partial charge in [0, 0.05) is 12.0 Å². The normalized spacial score (nSPS) is 18.4. The van der Waals surface area contributed by atoms with E-state index in [4.69, 9.17) is 11.6 Å². The maximum Gasteiger partial charge on any atom is 0.237 e. The zero-order valence-corrected chi connectivity index (χ0v) is 15.0. The fourth-order valence-electron chi connectivity index (χ4n) is 2.67. The largest absolute Gasteiger partial charge is 0.324 e. The van der Waals surface area contributed by atoms with E-state index < -0.39 is 0 Å². The zero-order valence-electron chi connectivity index (χ0n) is 13.4. The van der Waals surface area contributed by atoms with Crippen LogP contribution in [0.5, 0.6) is 0 Å². The van der Waals surface area contributed by atoms with E-state index in [-0.39, 0.29) is 11.2 Å². The van der Waals surface area contributed by atoms with Gasteiger partial charge < -0.3 is 9.88 Å². The Morgan fingerprint density at radius 2 is 2.04 bits per heavy atom. The Balaban J connectivity index is 1.47. The lowest BCUT2D eigenvalue weighted by atomic mass is 10.3. The van der Waals surface area contributed by atoms with Gasteiger partial charge in [-0.25, -0.2) is 0 Å². The van der Waals surface area contributed by atoms with Crippen LogP contribution < -0.4 is 5.32 Å². The average molecular weight is 363 g/mol. The molecule has 24 heavy (non-hydrogen) atoms. The SMILES string of the molecule is C[C@@H](Sc1nnc(C2CC2)n1C1CC1)C(=O)Nc1ccccc1Cl. The van der Waals surface area contributed by atoms with Crippen molar-refractivity contribution in [1.82, 2.24) is 14.8 Å². The standard InChI is InChI=1S/C17H19ClN4OS/c1-10(16(23)19-14-5-3-2-4-13(14)18)24-17-21-20-15(11-6-7-11)22(17)12-8-9-12/h2-5,10-12H,6-9H2,1H3,(H,19,23)/t10-/m1/s1. The molecule has 2 aromatic rings. The van der Waals surface area contributed by atoms with E-state index in [1.807, 2.05) is 19.1 Å². The van der Waals surface area contributed by atoms with Crippen LogP contribution in [-0.2, 0) is 4.79 Å². The van der Waals surface area contributed by atoms with E-state index in [1.165, 1.54) is 37.4 Å². The number of amides is 1. The molecule has 2 aliphatic rings. The molecular formula is C17H19ClN4OS. The summed E-state index contributed by atoms with van der Waals surface area (Å²) in [5.74, 6) is 1.60. The molecule has 0 saturated heterocycles. The van der Waals surface area contributed by atoms with Crippen molar-refractivity contribution in [2.45, 2.75) is 55.0 Å². The highest BCUT2D eigenvalue weighted by molar-refractivity contribution is 8.00. The molecule has 2 saturated carbocycles. The van der Waals surface area contributed by atoms with Gasteiger partial charge in [0.2, 0.25) is 5.91 Å². The molecule has 1 atom stereocenters. The Bertz CT molecular complexity index is 770. The summed E-state index contributed by atoms with van der Waals surface area (Å²) in [4.78, 5) is 12.5. The second kappa shape index (κ2) is 6.41. The number of halogens is 1. The Labute approximate surface area is 150 Å². The van der Waals surface area contributed by atoms with E-state index in [0.29, 0.717) is 22.7 Å². The summed E-state index contributed by atoms with van der Waals surface area (Å²) in [7, 11) is 0. The number of benzene rings is 1. The first kappa shape index (κ1) is 16.0. The minimum Gasteiger partial charge on any atom is -0.324 e. The lowest BCUT2D eigenvalue weighted by molar-refractivity contribution is -0.115. The molecule has 1 aromatic heterocycles. The number of hydrogen-bond acceptors (Lipinski definition) is 4. The zero-order chi connectivity index (χ0) is 16.7. The lowest BCUT2D eigenvalue weighted by Gasteiger charge is -2.14. The molecule has 0 radical (unpaired) electrons. The van der Waals surface area contributed by atoms with Crippen molar-refractivity contribution in [3.63, 3.8) is 0 Å². The van der Waals surface area contributed by atoms with Crippen molar-refractivity contribution in [2.75, 3.05) is 5.32 Å². The smallest absolute Gasteiger partial charge is 0.237 e. The first-order chi connectivity index (χ1) is 11.6. The van der Waals surface area contributed by atoms with Gasteiger partial charge in [0.1, 0.15) is 5.82 Å². The van der Waals surface area contributed by atoms with Gasteiger partial charge >= 0.3 is 0 Å². The van der Waals surface area contributed by atoms with Crippen LogP contribution in [-0.4, -0.2) is 25.9 Å². The van der Waals surface area contributed by atoms with Crippen molar-refractivity contribution in [2.24, 2.45) is 0 Å². The van der Waals surface area contributed by atoms with E-state index in [0.717, 1.165) is 11.0 Å². The van der Waals surface area contributed by atoms with Crippen LogP contribution in [0, 0.1) is 0 Å². The highest BCUT2D eigenvalue weighted by atomic mass is 35.5. The van der Waals surface area contributed by atoms with Crippen LogP contribution >= 0.6 is 23.4 Å². The van der Waals surface area contributed by atoms with Gasteiger partial charge in [0.25, 0.3) is 0 Å². The topological polar surface area (TPSA) is 59.8 Å². The van der Waals surface area contributed by atoms with Crippen LogP contribution in [0.25, 0.3) is 0 Å². The Morgan fingerprint density at radius 1 is 1.29 bits per heavy atom. The molecule has 1 heterocycles. The average Bonchev–Trinajstić information content (AvgIpc) is 3.49. The van der Waals surface area contributed by atoms with Gasteiger partial charge in [-0.3, -0.25) is 4.79 Å². The summed E-state index contributed by atoms with van der Waals surface area (Å²) in [6.07, 6.45) is 4.78. The number of rotatable bonds is 6. The summed E-state index contributed by atoms with van der Waals surface area (Å²) in [5, 5.41) is 12.8. The minimum atomic E-state index is -0.268. The Hall–Kier alpha value is -1.53. The molecule has 2 aliphatic carbocycles. The summed E-state index contributed by atoms with van der Waals surface area (Å²) in [5.41, 5.74) is 0.638. The third-order valence-corrected chi connectivity index (χ3v) is 5.71. The predicted octanol–water partition coefficient (Wildman–Crippen LogP) is 4.26. The van der Waals surface area contributed by atoms with E-state index in [9.17, 15) is 4.79 Å². The molecule has 0 spiro atoms. The molecule has 0 unspecified atom stereocenters. The van der Waals surface area contributed by atoms with Gasteiger partial charge in [-0.15, -0.1) is 10.2 Å². The number of aromatic nitrogens is 3. The molecule has 0 bridgehead atoms. The first-order valence-corrected chi connectivity index (χ1v) is 9.56. The molecule has 7 heteroatoms. The second-order valence-electron chi connectivity index (χ2n) is 6.45. The minimum absolute atomic E-state index is 0.0774. The van der Waals surface area contributed by atoms with Crippen LogP contribution in [0.3, 0.4) is 0 Å². The van der Waals surface area contributed by atoms with Gasteiger partial charge in [-0.1, -0.05) is 35.5 Å². The molecule has 126 valence electrons. The summed E-state index contributed by atoms with van der Waals surface area (Å²) in [6.45, 7) is 1.89.